The van der Waals surface area contributed by atoms with Gasteiger partial charge in [-0.15, -0.1) is 0 Å². The van der Waals surface area contributed by atoms with Crippen LogP contribution in [-0.2, 0) is 22.5 Å². The molecule has 4 rings (SSSR count). The minimum absolute atomic E-state index is 0.0914. The van der Waals surface area contributed by atoms with Gasteiger partial charge in [0.1, 0.15) is 0 Å². The van der Waals surface area contributed by atoms with Gasteiger partial charge in [-0.3, -0.25) is 0 Å². The van der Waals surface area contributed by atoms with Crippen LogP contribution < -0.4 is 20.7 Å². The molecule has 5 nitrogen and oxygen atoms in total. The predicted octanol–water partition coefficient (Wildman–Crippen LogP) is 8.37. The van der Waals surface area contributed by atoms with E-state index in [2.05, 4.69) is 139 Å². The molecule has 0 aliphatic heterocycles. The summed E-state index contributed by atoms with van der Waals surface area (Å²) >= 11 is 0. The molecule has 0 radical (unpaired) electrons. The summed E-state index contributed by atoms with van der Waals surface area (Å²) in [6, 6.07) is 42.3. The molecule has 0 saturated carbocycles. The Bertz CT molecular complexity index is 1400. The van der Waals surface area contributed by atoms with E-state index >= 15 is 0 Å². The van der Waals surface area contributed by atoms with E-state index in [-0.39, 0.29) is 10.1 Å². The maximum absolute atomic E-state index is 12.4. The van der Waals surface area contributed by atoms with Crippen LogP contribution in [0.15, 0.2) is 146 Å². The zero-order chi connectivity index (χ0) is 34.5. The van der Waals surface area contributed by atoms with Crippen molar-refractivity contribution in [1.82, 2.24) is 0 Å². The quantitative estimate of drug-likeness (QED) is 0.0510. The Morgan fingerprint density at radius 3 is 1.02 bits per heavy atom. The van der Waals surface area contributed by atoms with Gasteiger partial charge < -0.3 is 17.9 Å². The SMILES string of the molecule is CC(C)(C)[Si](OCC/C=C/O[PH](=O)O/C=C/CCO[Si](c1ccccc1)(c1ccccc1)C(C)(C)C)(c1ccccc1)c1ccccc1. The van der Waals surface area contributed by atoms with E-state index < -0.39 is 24.9 Å². The van der Waals surface area contributed by atoms with Gasteiger partial charge in [-0.1, -0.05) is 163 Å². The molecule has 254 valence electrons. The van der Waals surface area contributed by atoms with E-state index in [0.717, 1.165) is 0 Å². The number of rotatable bonds is 16. The predicted molar refractivity (Wildman–Crippen MR) is 206 cm³/mol. The lowest BCUT2D eigenvalue weighted by Gasteiger charge is -2.43. The van der Waals surface area contributed by atoms with E-state index in [1.807, 2.05) is 36.4 Å². The van der Waals surface area contributed by atoms with Crippen LogP contribution in [0.4, 0.5) is 0 Å². The molecule has 0 saturated heterocycles. The van der Waals surface area contributed by atoms with Gasteiger partial charge in [-0.25, -0.2) is 4.57 Å². The Labute approximate surface area is 290 Å². The molecule has 0 aliphatic carbocycles. The highest BCUT2D eigenvalue weighted by Crippen LogP contribution is 2.38. The minimum Gasteiger partial charge on any atom is -0.426 e. The Morgan fingerprint density at radius 1 is 0.500 bits per heavy atom. The molecular weight excluding hydrogens is 648 g/mol. The zero-order valence-corrected chi connectivity index (χ0v) is 32.2. The minimum atomic E-state index is -2.72. The second-order valence-corrected chi connectivity index (χ2v) is 23.4. The van der Waals surface area contributed by atoms with Gasteiger partial charge in [0, 0.05) is 13.2 Å². The third-order valence-electron chi connectivity index (χ3n) is 8.56. The van der Waals surface area contributed by atoms with Crippen molar-refractivity contribution in [2.24, 2.45) is 0 Å². The van der Waals surface area contributed by atoms with Crippen molar-refractivity contribution in [1.29, 1.82) is 0 Å². The van der Waals surface area contributed by atoms with Gasteiger partial charge in [0.05, 0.1) is 12.5 Å². The normalized spacial score (nSPS) is 13.0. The van der Waals surface area contributed by atoms with Gasteiger partial charge in [0.15, 0.2) is 0 Å². The van der Waals surface area contributed by atoms with Crippen molar-refractivity contribution in [3.8, 4) is 0 Å². The summed E-state index contributed by atoms with van der Waals surface area (Å²) < 4.78 is 36.9. The van der Waals surface area contributed by atoms with Crippen LogP contribution in [0.3, 0.4) is 0 Å². The Morgan fingerprint density at radius 2 is 0.771 bits per heavy atom. The van der Waals surface area contributed by atoms with Crippen molar-refractivity contribution >= 4 is 45.6 Å². The summed E-state index contributed by atoms with van der Waals surface area (Å²) in [5.41, 5.74) is 0. The summed E-state index contributed by atoms with van der Waals surface area (Å²) in [7, 11) is -7.91. The maximum Gasteiger partial charge on any atom is 0.417 e. The van der Waals surface area contributed by atoms with Crippen molar-refractivity contribution in [3.63, 3.8) is 0 Å². The Hall–Kier alpha value is -3.46. The lowest BCUT2D eigenvalue weighted by Crippen LogP contribution is -2.66. The molecule has 0 heterocycles. The standard InChI is InChI=1S/C40H51O5PSi2/c1-39(2,3)47(35-23-11-7-12-24-35,36-25-13-8-14-26-36)44-33-21-19-31-42-46(41)43-32-20-22-34-45-48(40(4,5)6,37-27-15-9-16-28-37)38-29-17-10-18-30-38/h7-20,23-32,46H,21-22,33-34H2,1-6H3/b31-19+,32-20+. The summed E-state index contributed by atoms with van der Waals surface area (Å²) in [6.07, 6.45) is 7.83. The lowest BCUT2D eigenvalue weighted by atomic mass is 10.2. The maximum atomic E-state index is 12.4. The topological polar surface area (TPSA) is 54.0 Å². The highest BCUT2D eigenvalue weighted by molar-refractivity contribution is 7.33. The Kier molecular flexibility index (Phi) is 13.4. The van der Waals surface area contributed by atoms with Crippen molar-refractivity contribution in [2.75, 3.05) is 13.2 Å². The first-order valence-electron chi connectivity index (χ1n) is 16.7. The van der Waals surface area contributed by atoms with Crippen LogP contribution in [0.1, 0.15) is 54.4 Å². The first kappa shape index (κ1) is 37.4. The molecule has 0 aliphatic rings. The first-order chi connectivity index (χ1) is 23.0. The molecule has 0 bridgehead atoms. The molecule has 0 aromatic heterocycles. The molecule has 8 heteroatoms. The fourth-order valence-electron chi connectivity index (χ4n) is 6.45. The van der Waals surface area contributed by atoms with Gasteiger partial charge in [-0.05, 0) is 55.8 Å². The number of benzene rings is 4. The van der Waals surface area contributed by atoms with E-state index in [9.17, 15) is 4.57 Å². The average Bonchev–Trinajstić information content (AvgIpc) is 3.08. The van der Waals surface area contributed by atoms with E-state index in [4.69, 9.17) is 17.9 Å². The average molecular weight is 699 g/mol. The van der Waals surface area contributed by atoms with Crippen molar-refractivity contribution in [2.45, 2.75) is 64.5 Å². The molecule has 0 fully saturated rings. The highest BCUT2D eigenvalue weighted by atomic mass is 31.1. The van der Waals surface area contributed by atoms with E-state index in [1.165, 1.54) is 33.3 Å². The fourth-order valence-corrected chi connectivity index (χ4v) is 16.1. The summed E-state index contributed by atoms with van der Waals surface area (Å²) in [4.78, 5) is 0. The zero-order valence-electron chi connectivity index (χ0n) is 29.2. The number of hydrogen-bond acceptors (Lipinski definition) is 5. The summed E-state index contributed by atoms with van der Waals surface area (Å²) in [5, 5.41) is 4.78. The first-order valence-corrected chi connectivity index (χ1v) is 21.7. The monoisotopic (exact) mass is 698 g/mol. The summed E-state index contributed by atoms with van der Waals surface area (Å²) in [5.74, 6) is 0. The Balaban J connectivity index is 1.29. The second-order valence-electron chi connectivity index (χ2n) is 13.8. The molecule has 48 heavy (non-hydrogen) atoms. The van der Waals surface area contributed by atoms with Crippen molar-refractivity contribution < 1.29 is 22.5 Å². The van der Waals surface area contributed by atoms with Gasteiger partial charge in [0.25, 0.3) is 16.6 Å². The molecule has 0 amide bonds. The highest BCUT2D eigenvalue weighted by Gasteiger charge is 2.51. The molecule has 0 N–H and O–H groups in total. The van der Waals surface area contributed by atoms with Crippen molar-refractivity contribution in [3.05, 3.63) is 146 Å². The number of hydrogen-bond donors (Lipinski definition) is 0. The lowest BCUT2D eigenvalue weighted by molar-refractivity contribution is 0.301. The third kappa shape index (κ3) is 8.96. The molecular formula is C40H51O5PSi2. The fraction of sp³-hybridized carbons (Fsp3) is 0.300. The van der Waals surface area contributed by atoms with Gasteiger partial charge in [-0.2, -0.15) is 0 Å². The van der Waals surface area contributed by atoms with Crippen LogP contribution in [-0.4, -0.2) is 29.8 Å². The van der Waals surface area contributed by atoms with Gasteiger partial charge in [0.2, 0.25) is 0 Å². The molecule has 0 unspecified atom stereocenters. The van der Waals surface area contributed by atoms with Crippen LogP contribution in [0.25, 0.3) is 0 Å². The molecule has 4 aromatic rings. The van der Waals surface area contributed by atoms with Crippen LogP contribution in [0.5, 0.6) is 0 Å². The molecule has 0 atom stereocenters. The van der Waals surface area contributed by atoms with E-state index in [1.54, 1.807) is 0 Å². The molecule has 4 aromatic carbocycles. The smallest absolute Gasteiger partial charge is 0.417 e. The van der Waals surface area contributed by atoms with Crippen LogP contribution in [0, 0.1) is 0 Å². The third-order valence-corrected chi connectivity index (χ3v) is 19.3. The molecule has 0 spiro atoms. The largest absolute Gasteiger partial charge is 0.426 e. The van der Waals surface area contributed by atoms with E-state index in [0.29, 0.717) is 26.1 Å². The van der Waals surface area contributed by atoms with Gasteiger partial charge >= 0.3 is 8.25 Å². The second kappa shape index (κ2) is 17.3. The van der Waals surface area contributed by atoms with Crippen LogP contribution in [0.2, 0.25) is 10.1 Å². The van der Waals surface area contributed by atoms with Crippen LogP contribution >= 0.6 is 8.25 Å². The summed E-state index contributed by atoms with van der Waals surface area (Å²) in [6.45, 7) is 14.6.